The molecule has 1 unspecified atom stereocenters. The Morgan fingerprint density at radius 1 is 1.38 bits per heavy atom. The van der Waals surface area contributed by atoms with Crippen molar-refractivity contribution in [1.29, 1.82) is 0 Å². The van der Waals surface area contributed by atoms with Gasteiger partial charge in [-0.05, 0) is 56.4 Å². The van der Waals surface area contributed by atoms with Crippen LogP contribution in [0.25, 0.3) is 0 Å². The zero-order valence-electron chi connectivity index (χ0n) is 15.2. The van der Waals surface area contributed by atoms with Crippen LogP contribution >= 0.6 is 0 Å². The highest BCUT2D eigenvalue weighted by atomic mass is 32.2. The fourth-order valence-electron chi connectivity index (χ4n) is 4.34. The fourth-order valence-corrected chi connectivity index (χ4v) is 5.58. The van der Waals surface area contributed by atoms with Crippen LogP contribution in [0.1, 0.15) is 58.3 Å². The summed E-state index contributed by atoms with van der Waals surface area (Å²) in [4.78, 5) is 10.9. The van der Waals surface area contributed by atoms with Crippen LogP contribution in [0.4, 0.5) is 0 Å². The van der Waals surface area contributed by atoms with Crippen molar-refractivity contribution in [3.63, 3.8) is 0 Å². The minimum absolute atomic E-state index is 0.177. The Morgan fingerprint density at radius 3 is 2.81 bits per heavy atom. The summed E-state index contributed by atoms with van der Waals surface area (Å²) in [5, 5.41) is 8.66. The zero-order chi connectivity index (χ0) is 18.8. The van der Waals surface area contributed by atoms with Gasteiger partial charge in [0.05, 0.1) is 4.91 Å². The van der Waals surface area contributed by atoms with Crippen molar-refractivity contribution >= 4 is 21.7 Å². The largest absolute Gasteiger partial charge is 0.481 e. The maximum absolute atomic E-state index is 12.6. The molecule has 26 heavy (non-hydrogen) atoms. The summed E-state index contributed by atoms with van der Waals surface area (Å²) < 4.78 is 29.5. The molecule has 0 aromatic rings. The number of unbranched alkanes of at least 4 members (excludes halogenated alkanes) is 1. The van der Waals surface area contributed by atoms with Gasteiger partial charge in [0, 0.05) is 24.0 Å². The number of aliphatic carboxylic acids is 1. The molecule has 3 aliphatic rings. The Bertz CT molecular complexity index is 791. The highest BCUT2D eigenvalue weighted by molar-refractivity contribution is 7.94. The molecule has 1 N–H and O–H groups in total. The van der Waals surface area contributed by atoms with Gasteiger partial charge in [0.2, 0.25) is 0 Å². The standard InChI is InChI=1S/C20H27NO4S/c1-20-14-13-17(20)19(16(20)11-7-2-3-8-12-18(22)23)21-26(24,25)15-9-5-4-6-10-15/h2,5,7,9-10,16-17H,3-4,6,8,11-14H2,1H3,(H,22,23)/b7-2+,21-19+/t16-,17?,20+/m0/s1. The molecule has 2 fully saturated rings. The molecule has 3 rings (SSSR count). The molecule has 2 saturated carbocycles. The van der Waals surface area contributed by atoms with Crippen molar-refractivity contribution in [1.82, 2.24) is 0 Å². The first kappa shape index (κ1) is 19.1. The average molecular weight is 378 g/mol. The highest BCUT2D eigenvalue weighted by Crippen LogP contribution is 2.63. The first-order valence-corrected chi connectivity index (χ1v) is 10.9. The second kappa shape index (κ2) is 7.51. The summed E-state index contributed by atoms with van der Waals surface area (Å²) in [5.74, 6) is -0.288. The molecule has 0 amide bonds. The number of carboxylic acid groups (broad SMARTS) is 1. The number of hydrogen-bond acceptors (Lipinski definition) is 3. The minimum atomic E-state index is -3.60. The maximum atomic E-state index is 12.6. The van der Waals surface area contributed by atoms with Gasteiger partial charge in [-0.1, -0.05) is 31.2 Å². The number of allylic oxidation sites excluding steroid dienone is 5. The van der Waals surface area contributed by atoms with Crippen LogP contribution in [0.5, 0.6) is 0 Å². The molecule has 0 aliphatic heterocycles. The molecule has 0 aromatic carbocycles. The second-order valence-corrected chi connectivity index (χ2v) is 9.32. The van der Waals surface area contributed by atoms with Crippen molar-refractivity contribution in [2.45, 2.75) is 58.3 Å². The minimum Gasteiger partial charge on any atom is -0.481 e. The lowest BCUT2D eigenvalue weighted by Crippen LogP contribution is -2.62. The average Bonchev–Trinajstić information content (AvgIpc) is 2.59. The molecule has 3 atom stereocenters. The van der Waals surface area contributed by atoms with Gasteiger partial charge >= 0.3 is 5.97 Å². The van der Waals surface area contributed by atoms with Crippen molar-refractivity contribution < 1.29 is 18.3 Å². The highest BCUT2D eigenvalue weighted by Gasteiger charge is 2.61. The lowest BCUT2D eigenvalue weighted by molar-refractivity contribution is -0.137. The van der Waals surface area contributed by atoms with Crippen molar-refractivity contribution in [3.8, 4) is 0 Å². The topological polar surface area (TPSA) is 83.8 Å². The second-order valence-electron chi connectivity index (χ2n) is 7.72. The number of rotatable bonds is 8. The lowest BCUT2D eigenvalue weighted by atomic mass is 9.41. The first-order valence-electron chi connectivity index (χ1n) is 9.43. The molecule has 0 heterocycles. The van der Waals surface area contributed by atoms with E-state index >= 15 is 0 Å². The summed E-state index contributed by atoms with van der Waals surface area (Å²) in [7, 11) is -3.60. The van der Waals surface area contributed by atoms with E-state index in [1.54, 1.807) is 12.2 Å². The third-order valence-electron chi connectivity index (χ3n) is 6.06. The molecule has 142 valence electrons. The predicted molar refractivity (Wildman–Crippen MR) is 102 cm³/mol. The van der Waals surface area contributed by atoms with E-state index < -0.39 is 16.0 Å². The number of carboxylic acids is 1. The molecule has 6 heteroatoms. The number of sulfonamides is 1. The number of carbonyl (C=O) groups is 1. The monoisotopic (exact) mass is 377 g/mol. The quantitative estimate of drug-likeness (QED) is 0.506. The fraction of sp³-hybridized carbons (Fsp3) is 0.600. The van der Waals surface area contributed by atoms with E-state index in [9.17, 15) is 13.2 Å². The van der Waals surface area contributed by atoms with Crippen molar-refractivity contribution in [2.75, 3.05) is 0 Å². The Morgan fingerprint density at radius 2 is 2.19 bits per heavy atom. The zero-order valence-corrected chi connectivity index (χ0v) is 16.0. The summed E-state index contributed by atoms with van der Waals surface area (Å²) in [5.41, 5.74) is 1.02. The summed E-state index contributed by atoms with van der Waals surface area (Å²) in [6.07, 6.45) is 15.5. The third-order valence-corrected chi connectivity index (χ3v) is 7.41. The van der Waals surface area contributed by atoms with Gasteiger partial charge in [-0.15, -0.1) is 0 Å². The van der Waals surface area contributed by atoms with Crippen molar-refractivity contribution in [2.24, 2.45) is 21.6 Å². The molecular weight excluding hydrogens is 350 g/mol. The molecule has 0 spiro atoms. The molecular formula is C20H27NO4S. The van der Waals surface area contributed by atoms with E-state index in [0.717, 1.165) is 44.2 Å². The van der Waals surface area contributed by atoms with Gasteiger partial charge in [-0.3, -0.25) is 4.79 Å². The van der Waals surface area contributed by atoms with Crippen LogP contribution in [0.15, 0.2) is 39.7 Å². The molecule has 3 aliphatic carbocycles. The van der Waals surface area contributed by atoms with Crippen LogP contribution in [-0.2, 0) is 14.8 Å². The van der Waals surface area contributed by atoms with E-state index in [-0.39, 0.29) is 17.8 Å². The molecule has 5 nitrogen and oxygen atoms in total. The number of nitrogens with zero attached hydrogens (tertiary/aromatic N) is 1. The van der Waals surface area contributed by atoms with Crippen LogP contribution in [0, 0.1) is 17.3 Å². The van der Waals surface area contributed by atoms with E-state index in [2.05, 4.69) is 17.4 Å². The summed E-state index contributed by atoms with van der Waals surface area (Å²) in [6.45, 7) is 2.23. The molecule has 0 saturated heterocycles. The van der Waals surface area contributed by atoms with Gasteiger partial charge in [-0.25, -0.2) is 0 Å². The lowest BCUT2D eigenvalue weighted by Gasteiger charge is -2.63. The Hall–Kier alpha value is -1.69. The summed E-state index contributed by atoms with van der Waals surface area (Å²) in [6, 6.07) is 0. The Balaban J connectivity index is 1.66. The van der Waals surface area contributed by atoms with E-state index in [0.29, 0.717) is 17.2 Å². The number of fused-ring (bicyclic) bond motifs is 1. The Kier molecular flexibility index (Phi) is 5.51. The van der Waals surface area contributed by atoms with Gasteiger partial charge in [0.1, 0.15) is 0 Å². The SMILES string of the molecule is C[C@]12CCC1/C(=N/S(=O)(=O)C1=CCCC=C1)[C@@H]2C/C=C/CCCC(=O)O. The van der Waals surface area contributed by atoms with Gasteiger partial charge in [0.25, 0.3) is 10.0 Å². The van der Waals surface area contributed by atoms with Gasteiger partial charge in [0.15, 0.2) is 0 Å². The van der Waals surface area contributed by atoms with Gasteiger partial charge < -0.3 is 5.11 Å². The van der Waals surface area contributed by atoms with Crippen LogP contribution in [0.2, 0.25) is 0 Å². The maximum Gasteiger partial charge on any atom is 0.303 e. The van der Waals surface area contributed by atoms with E-state index in [1.165, 1.54) is 0 Å². The van der Waals surface area contributed by atoms with Gasteiger partial charge in [-0.2, -0.15) is 12.8 Å². The smallest absolute Gasteiger partial charge is 0.303 e. The van der Waals surface area contributed by atoms with Crippen molar-refractivity contribution in [3.05, 3.63) is 35.3 Å². The normalized spacial score (nSPS) is 32.0. The van der Waals surface area contributed by atoms with E-state index in [1.807, 2.05) is 12.2 Å². The molecule has 0 radical (unpaired) electrons. The molecule has 0 aromatic heterocycles. The van der Waals surface area contributed by atoms with Crippen LogP contribution in [0.3, 0.4) is 0 Å². The summed E-state index contributed by atoms with van der Waals surface area (Å²) >= 11 is 0. The third kappa shape index (κ3) is 3.70. The van der Waals surface area contributed by atoms with Crippen LogP contribution < -0.4 is 0 Å². The molecule has 0 bridgehead atoms. The predicted octanol–water partition coefficient (Wildman–Crippen LogP) is 4.24. The Labute approximate surface area is 155 Å². The first-order chi connectivity index (χ1) is 12.3. The number of hydrogen-bond donors (Lipinski definition) is 1. The van der Waals surface area contributed by atoms with E-state index in [4.69, 9.17) is 5.11 Å². The van der Waals surface area contributed by atoms with Crippen LogP contribution in [-0.4, -0.2) is 25.2 Å².